The summed E-state index contributed by atoms with van der Waals surface area (Å²) in [6.07, 6.45) is 8.46. The first-order valence-corrected chi connectivity index (χ1v) is 8.59. The minimum atomic E-state index is -0.382. The van der Waals surface area contributed by atoms with Crippen molar-refractivity contribution in [3.05, 3.63) is 0 Å². The Kier molecular flexibility index (Phi) is 15.5. The molecule has 0 aromatic rings. The lowest BCUT2D eigenvalue weighted by molar-refractivity contribution is -0.151. The van der Waals surface area contributed by atoms with Gasteiger partial charge in [-0.25, -0.2) is 0 Å². The predicted molar refractivity (Wildman–Crippen MR) is 85.6 cm³/mol. The number of esters is 2. The Bertz CT molecular complexity index is 278. The first kappa shape index (κ1) is 20.9. The summed E-state index contributed by atoms with van der Waals surface area (Å²) in [6, 6.07) is 0. The topological polar surface area (TPSA) is 61.8 Å². The number of hydrogen-bond acceptors (Lipinski definition) is 5. The number of ether oxygens (including phenoxy) is 3. The maximum atomic E-state index is 11.4. The third-order valence-corrected chi connectivity index (χ3v) is 3.24. The maximum absolute atomic E-state index is 11.4. The minimum absolute atomic E-state index is 0.0714. The summed E-state index contributed by atoms with van der Waals surface area (Å²) >= 11 is 0. The molecule has 0 aliphatic heterocycles. The molecule has 0 bridgehead atoms. The Labute approximate surface area is 134 Å². The van der Waals surface area contributed by atoms with Gasteiger partial charge in [0.15, 0.2) is 0 Å². The molecular formula is C17H32O5. The Morgan fingerprint density at radius 3 is 1.82 bits per heavy atom. The van der Waals surface area contributed by atoms with Crippen molar-refractivity contribution >= 4 is 11.9 Å². The van der Waals surface area contributed by atoms with Crippen LogP contribution in [0.15, 0.2) is 0 Å². The molecule has 0 radical (unpaired) electrons. The highest BCUT2D eigenvalue weighted by Crippen LogP contribution is 2.07. The summed E-state index contributed by atoms with van der Waals surface area (Å²) in [4.78, 5) is 22.8. The van der Waals surface area contributed by atoms with Gasteiger partial charge in [0.2, 0.25) is 0 Å². The molecule has 0 unspecified atom stereocenters. The Hall–Kier alpha value is -1.10. The molecule has 0 aliphatic carbocycles. The van der Waals surface area contributed by atoms with Crippen LogP contribution in [0.4, 0.5) is 0 Å². The summed E-state index contributed by atoms with van der Waals surface area (Å²) in [5.74, 6) is -0.708. The van der Waals surface area contributed by atoms with E-state index < -0.39 is 0 Å². The van der Waals surface area contributed by atoms with Crippen molar-refractivity contribution in [2.75, 3.05) is 26.4 Å². The van der Waals surface area contributed by atoms with E-state index >= 15 is 0 Å². The average molecular weight is 316 g/mol. The fraction of sp³-hybridized carbons (Fsp3) is 0.882. The summed E-state index contributed by atoms with van der Waals surface area (Å²) in [5, 5.41) is 0. The number of hydrogen-bond donors (Lipinski definition) is 0. The Balaban J connectivity index is 3.33. The number of carbonyl (C=O) groups is 2. The molecule has 0 aliphatic rings. The largest absolute Gasteiger partial charge is 0.466 e. The van der Waals surface area contributed by atoms with Gasteiger partial charge in [0.1, 0.15) is 6.61 Å². The second-order valence-corrected chi connectivity index (χ2v) is 5.26. The van der Waals surface area contributed by atoms with Crippen LogP contribution in [0.25, 0.3) is 0 Å². The second-order valence-electron chi connectivity index (χ2n) is 5.26. The summed E-state index contributed by atoms with van der Waals surface area (Å²) < 4.78 is 15.1. The van der Waals surface area contributed by atoms with Crippen LogP contribution in [0.2, 0.25) is 0 Å². The summed E-state index contributed by atoms with van der Waals surface area (Å²) in [7, 11) is 0. The molecule has 0 rings (SSSR count). The molecule has 22 heavy (non-hydrogen) atoms. The van der Waals surface area contributed by atoms with Crippen LogP contribution in [0.1, 0.15) is 71.6 Å². The third-order valence-electron chi connectivity index (χ3n) is 3.24. The van der Waals surface area contributed by atoms with Crippen LogP contribution in [-0.4, -0.2) is 38.4 Å². The lowest BCUT2D eigenvalue weighted by Gasteiger charge is -2.06. The van der Waals surface area contributed by atoms with Crippen molar-refractivity contribution in [3.8, 4) is 0 Å². The van der Waals surface area contributed by atoms with Gasteiger partial charge in [-0.15, -0.1) is 0 Å². The molecule has 0 spiro atoms. The monoisotopic (exact) mass is 316 g/mol. The molecule has 130 valence electrons. The maximum Gasteiger partial charge on any atom is 0.306 e. The number of carbonyl (C=O) groups excluding carboxylic acids is 2. The zero-order valence-corrected chi connectivity index (χ0v) is 14.2. The van der Waals surface area contributed by atoms with E-state index in [1.807, 2.05) is 6.92 Å². The summed E-state index contributed by atoms with van der Waals surface area (Å²) in [6.45, 7) is 5.76. The van der Waals surface area contributed by atoms with Crippen molar-refractivity contribution in [3.63, 3.8) is 0 Å². The van der Waals surface area contributed by atoms with Crippen molar-refractivity contribution < 1.29 is 23.8 Å². The van der Waals surface area contributed by atoms with Crippen LogP contribution >= 0.6 is 0 Å². The van der Waals surface area contributed by atoms with E-state index in [0.717, 1.165) is 12.8 Å². The van der Waals surface area contributed by atoms with E-state index in [1.54, 1.807) is 0 Å². The molecule has 5 nitrogen and oxygen atoms in total. The molecule has 0 aromatic heterocycles. The van der Waals surface area contributed by atoms with Crippen molar-refractivity contribution in [2.45, 2.75) is 71.6 Å². The highest BCUT2D eigenvalue weighted by molar-refractivity contribution is 5.77. The number of unbranched alkanes of at least 4 members (excludes halogenated alkanes) is 6. The van der Waals surface area contributed by atoms with Gasteiger partial charge in [-0.3, -0.25) is 9.59 Å². The lowest BCUT2D eigenvalue weighted by atomic mass is 10.1. The van der Waals surface area contributed by atoms with Crippen LogP contribution in [0, 0.1) is 0 Å². The molecule has 0 fully saturated rings. The zero-order valence-electron chi connectivity index (χ0n) is 14.2. The second kappa shape index (κ2) is 16.3. The normalized spacial score (nSPS) is 10.5. The van der Waals surface area contributed by atoms with Crippen LogP contribution in [-0.2, 0) is 23.8 Å². The lowest BCUT2D eigenvalue weighted by Crippen LogP contribution is -2.13. The van der Waals surface area contributed by atoms with Crippen molar-refractivity contribution in [2.24, 2.45) is 0 Å². The fourth-order valence-electron chi connectivity index (χ4n) is 1.95. The molecule has 0 heterocycles. The standard InChI is InChI=1S/C17H32O5/c1-3-5-6-7-8-9-10-13-21-16(18)11-12-17(19)22-15-14-20-4-2/h3-15H2,1-2H3. The Morgan fingerprint density at radius 2 is 1.23 bits per heavy atom. The van der Waals surface area contributed by atoms with Crippen LogP contribution in [0.5, 0.6) is 0 Å². The highest BCUT2D eigenvalue weighted by Gasteiger charge is 2.08. The smallest absolute Gasteiger partial charge is 0.306 e. The minimum Gasteiger partial charge on any atom is -0.466 e. The third kappa shape index (κ3) is 15.3. The molecule has 0 saturated carbocycles. The van der Waals surface area contributed by atoms with E-state index in [9.17, 15) is 9.59 Å². The van der Waals surface area contributed by atoms with Gasteiger partial charge in [0, 0.05) is 6.61 Å². The molecule has 0 atom stereocenters. The first-order valence-electron chi connectivity index (χ1n) is 8.59. The van der Waals surface area contributed by atoms with Crippen LogP contribution < -0.4 is 0 Å². The zero-order chi connectivity index (χ0) is 16.5. The molecule has 5 heteroatoms. The van der Waals surface area contributed by atoms with Crippen LogP contribution in [0.3, 0.4) is 0 Å². The molecular weight excluding hydrogens is 284 g/mol. The van der Waals surface area contributed by atoms with Gasteiger partial charge in [-0.05, 0) is 13.3 Å². The quantitative estimate of drug-likeness (QED) is 0.341. The van der Waals surface area contributed by atoms with E-state index in [0.29, 0.717) is 19.8 Å². The van der Waals surface area contributed by atoms with Gasteiger partial charge in [0.25, 0.3) is 0 Å². The predicted octanol–water partition coefficient (Wildman–Crippen LogP) is 3.64. The van der Waals surface area contributed by atoms with Gasteiger partial charge >= 0.3 is 11.9 Å². The van der Waals surface area contributed by atoms with E-state index in [2.05, 4.69) is 6.92 Å². The summed E-state index contributed by atoms with van der Waals surface area (Å²) in [5.41, 5.74) is 0. The van der Waals surface area contributed by atoms with Gasteiger partial charge in [-0.2, -0.15) is 0 Å². The Morgan fingerprint density at radius 1 is 0.682 bits per heavy atom. The van der Waals surface area contributed by atoms with Gasteiger partial charge in [-0.1, -0.05) is 45.4 Å². The van der Waals surface area contributed by atoms with E-state index in [1.165, 1.54) is 32.1 Å². The fourth-order valence-corrected chi connectivity index (χ4v) is 1.95. The number of rotatable bonds is 15. The van der Waals surface area contributed by atoms with Gasteiger partial charge < -0.3 is 14.2 Å². The first-order chi connectivity index (χ1) is 10.7. The van der Waals surface area contributed by atoms with Crippen molar-refractivity contribution in [1.29, 1.82) is 0 Å². The van der Waals surface area contributed by atoms with Gasteiger partial charge in [0.05, 0.1) is 26.1 Å². The SMILES string of the molecule is CCCCCCCCCOC(=O)CCC(=O)OCCOCC. The average Bonchev–Trinajstić information content (AvgIpc) is 2.52. The highest BCUT2D eigenvalue weighted by atomic mass is 16.6. The molecule has 0 aromatic carbocycles. The van der Waals surface area contributed by atoms with E-state index in [4.69, 9.17) is 14.2 Å². The van der Waals surface area contributed by atoms with Crippen molar-refractivity contribution in [1.82, 2.24) is 0 Å². The molecule has 0 saturated heterocycles. The molecule has 0 N–H and O–H groups in total. The molecule has 0 amide bonds. The van der Waals surface area contributed by atoms with E-state index in [-0.39, 0.29) is 31.4 Å².